The lowest BCUT2D eigenvalue weighted by molar-refractivity contribution is 1.10. The minimum Gasteiger partial charge on any atom is -0.377 e. The maximum Gasteiger partial charge on any atom is 0.0421 e. The summed E-state index contributed by atoms with van der Waals surface area (Å²) < 4.78 is 0. The predicted octanol–water partition coefficient (Wildman–Crippen LogP) is 1.46. The van der Waals surface area contributed by atoms with E-state index >= 15 is 0 Å². The van der Waals surface area contributed by atoms with Gasteiger partial charge in [-0.25, -0.2) is 0 Å². The van der Waals surface area contributed by atoms with Crippen LogP contribution >= 0.6 is 0 Å². The molecule has 0 bridgehead atoms. The number of rotatable bonds is 1. The van der Waals surface area contributed by atoms with Gasteiger partial charge in [-0.2, -0.15) is 0 Å². The quantitative estimate of drug-likeness (QED) is 0.581. The highest BCUT2D eigenvalue weighted by atomic mass is 15.1. The fraction of sp³-hybridized carbons (Fsp3) is 0.375. The van der Waals surface area contributed by atoms with Crippen molar-refractivity contribution >= 4 is 5.69 Å². The van der Waals surface area contributed by atoms with E-state index in [4.69, 9.17) is 0 Å². The van der Waals surface area contributed by atoms with Gasteiger partial charge in [-0.3, -0.25) is 4.98 Å². The van der Waals surface area contributed by atoms with Gasteiger partial charge in [-0.05, 0) is 18.6 Å². The molecule has 0 radical (unpaired) electrons. The van der Waals surface area contributed by atoms with Crippen molar-refractivity contribution in [2.75, 3.05) is 19.0 Å². The SMILES string of the molecule is Cc1cnccc1N(C)C. The third-order valence-corrected chi connectivity index (χ3v) is 1.47. The van der Waals surface area contributed by atoms with Crippen LogP contribution in [0.4, 0.5) is 5.69 Å². The lowest BCUT2D eigenvalue weighted by Gasteiger charge is -2.13. The first-order valence-electron chi connectivity index (χ1n) is 3.30. The fourth-order valence-electron chi connectivity index (χ4n) is 0.968. The Hall–Kier alpha value is -1.05. The van der Waals surface area contributed by atoms with Crippen LogP contribution in [0.5, 0.6) is 0 Å². The largest absolute Gasteiger partial charge is 0.377 e. The molecule has 2 heteroatoms. The summed E-state index contributed by atoms with van der Waals surface area (Å²) in [7, 11) is 4.06. The van der Waals surface area contributed by atoms with Crippen LogP contribution in [0.3, 0.4) is 0 Å². The zero-order chi connectivity index (χ0) is 7.56. The van der Waals surface area contributed by atoms with Crippen LogP contribution in [0.25, 0.3) is 0 Å². The van der Waals surface area contributed by atoms with Crippen molar-refractivity contribution in [3.05, 3.63) is 24.0 Å². The monoisotopic (exact) mass is 136 g/mol. The van der Waals surface area contributed by atoms with Gasteiger partial charge < -0.3 is 4.90 Å². The Bertz CT molecular complexity index is 218. The van der Waals surface area contributed by atoms with Gasteiger partial charge in [0.1, 0.15) is 0 Å². The number of nitrogens with zero attached hydrogens (tertiary/aromatic N) is 2. The lowest BCUT2D eigenvalue weighted by Crippen LogP contribution is -2.09. The van der Waals surface area contributed by atoms with Crippen LogP contribution in [0, 0.1) is 6.92 Å². The molecule has 0 aliphatic rings. The van der Waals surface area contributed by atoms with E-state index in [0.29, 0.717) is 0 Å². The summed E-state index contributed by atoms with van der Waals surface area (Å²) in [6.45, 7) is 2.06. The molecule has 0 aliphatic heterocycles. The van der Waals surface area contributed by atoms with Crippen molar-refractivity contribution in [1.82, 2.24) is 4.98 Å². The summed E-state index contributed by atoms with van der Waals surface area (Å²) in [5, 5.41) is 0. The Kier molecular flexibility index (Phi) is 1.90. The third kappa shape index (κ3) is 1.26. The summed E-state index contributed by atoms with van der Waals surface area (Å²) in [5.41, 5.74) is 2.45. The Balaban J connectivity index is 3.03. The third-order valence-electron chi connectivity index (χ3n) is 1.47. The second-order valence-corrected chi connectivity index (χ2v) is 2.56. The molecule has 0 aliphatic carbocycles. The topological polar surface area (TPSA) is 16.1 Å². The second kappa shape index (κ2) is 2.69. The van der Waals surface area contributed by atoms with E-state index in [1.807, 2.05) is 32.6 Å². The van der Waals surface area contributed by atoms with E-state index < -0.39 is 0 Å². The molecular weight excluding hydrogens is 124 g/mol. The van der Waals surface area contributed by atoms with Crippen LogP contribution in [0.1, 0.15) is 5.56 Å². The van der Waals surface area contributed by atoms with Gasteiger partial charge in [0.05, 0.1) is 0 Å². The Morgan fingerprint density at radius 2 is 2.10 bits per heavy atom. The van der Waals surface area contributed by atoms with Crippen molar-refractivity contribution in [2.24, 2.45) is 0 Å². The summed E-state index contributed by atoms with van der Waals surface area (Å²) >= 11 is 0. The van der Waals surface area contributed by atoms with Gasteiger partial charge in [-0.15, -0.1) is 0 Å². The molecule has 0 aromatic carbocycles. The van der Waals surface area contributed by atoms with E-state index in [0.717, 1.165) is 0 Å². The molecule has 0 atom stereocenters. The molecule has 0 unspecified atom stereocenters. The molecule has 1 aromatic heterocycles. The first kappa shape index (κ1) is 7.06. The molecular formula is C8H12N2. The molecule has 10 heavy (non-hydrogen) atoms. The van der Waals surface area contributed by atoms with Gasteiger partial charge >= 0.3 is 0 Å². The Morgan fingerprint density at radius 3 is 2.50 bits per heavy atom. The summed E-state index contributed by atoms with van der Waals surface area (Å²) in [6.07, 6.45) is 3.68. The van der Waals surface area contributed by atoms with Gasteiger partial charge in [-0.1, -0.05) is 0 Å². The molecule has 1 rings (SSSR count). The van der Waals surface area contributed by atoms with E-state index in [1.54, 1.807) is 0 Å². The molecule has 0 spiro atoms. The average Bonchev–Trinajstić information content (AvgIpc) is 1.88. The molecule has 54 valence electrons. The van der Waals surface area contributed by atoms with Gasteiger partial charge in [0.25, 0.3) is 0 Å². The number of pyridine rings is 1. The molecule has 1 aromatic rings. The molecule has 0 amide bonds. The normalized spacial score (nSPS) is 9.50. The van der Waals surface area contributed by atoms with Crippen molar-refractivity contribution in [2.45, 2.75) is 6.92 Å². The highest BCUT2D eigenvalue weighted by molar-refractivity contribution is 5.49. The summed E-state index contributed by atoms with van der Waals surface area (Å²) in [4.78, 5) is 6.08. The lowest BCUT2D eigenvalue weighted by atomic mass is 10.2. The number of aryl methyl sites for hydroxylation is 1. The standard InChI is InChI=1S/C8H12N2/c1-7-6-9-5-4-8(7)10(2)3/h4-6H,1-3H3. The Labute approximate surface area is 61.5 Å². The van der Waals surface area contributed by atoms with Gasteiger partial charge in [0.15, 0.2) is 0 Å². The van der Waals surface area contributed by atoms with Crippen LogP contribution in [-0.2, 0) is 0 Å². The van der Waals surface area contributed by atoms with Gasteiger partial charge in [0, 0.05) is 32.2 Å². The van der Waals surface area contributed by atoms with E-state index in [2.05, 4.69) is 16.8 Å². The number of aromatic nitrogens is 1. The molecule has 0 saturated carbocycles. The number of hydrogen-bond donors (Lipinski definition) is 0. The van der Waals surface area contributed by atoms with Crippen molar-refractivity contribution in [1.29, 1.82) is 0 Å². The highest BCUT2D eigenvalue weighted by Gasteiger charge is 1.96. The van der Waals surface area contributed by atoms with E-state index in [9.17, 15) is 0 Å². The molecule has 2 nitrogen and oxygen atoms in total. The van der Waals surface area contributed by atoms with Crippen molar-refractivity contribution in [3.8, 4) is 0 Å². The molecule has 0 saturated heterocycles. The minimum absolute atomic E-state index is 1.22. The second-order valence-electron chi connectivity index (χ2n) is 2.56. The van der Waals surface area contributed by atoms with Crippen LogP contribution in [0.2, 0.25) is 0 Å². The summed E-state index contributed by atoms with van der Waals surface area (Å²) in [6, 6.07) is 2.01. The molecule has 1 heterocycles. The van der Waals surface area contributed by atoms with E-state index in [-0.39, 0.29) is 0 Å². The Morgan fingerprint density at radius 1 is 1.40 bits per heavy atom. The van der Waals surface area contributed by atoms with E-state index in [1.165, 1.54) is 11.3 Å². The fourth-order valence-corrected chi connectivity index (χ4v) is 0.968. The minimum atomic E-state index is 1.22. The molecule has 0 N–H and O–H groups in total. The number of anilines is 1. The first-order valence-corrected chi connectivity index (χ1v) is 3.30. The van der Waals surface area contributed by atoms with Crippen LogP contribution in [-0.4, -0.2) is 19.1 Å². The van der Waals surface area contributed by atoms with Crippen molar-refractivity contribution in [3.63, 3.8) is 0 Å². The van der Waals surface area contributed by atoms with Gasteiger partial charge in [0.2, 0.25) is 0 Å². The van der Waals surface area contributed by atoms with Crippen LogP contribution in [0.15, 0.2) is 18.5 Å². The zero-order valence-electron chi connectivity index (χ0n) is 6.63. The number of hydrogen-bond acceptors (Lipinski definition) is 2. The van der Waals surface area contributed by atoms with Crippen molar-refractivity contribution < 1.29 is 0 Å². The summed E-state index contributed by atoms with van der Waals surface area (Å²) in [5.74, 6) is 0. The maximum atomic E-state index is 4.00. The first-order chi connectivity index (χ1) is 4.72. The highest BCUT2D eigenvalue weighted by Crippen LogP contribution is 2.13. The average molecular weight is 136 g/mol. The van der Waals surface area contributed by atoms with Crippen LogP contribution < -0.4 is 4.90 Å². The zero-order valence-corrected chi connectivity index (χ0v) is 6.63. The molecule has 0 fully saturated rings. The smallest absolute Gasteiger partial charge is 0.0421 e. The maximum absolute atomic E-state index is 4.00. The predicted molar refractivity (Wildman–Crippen MR) is 43.3 cm³/mol.